The van der Waals surface area contributed by atoms with Gasteiger partial charge in [-0.25, -0.2) is 9.67 Å². The lowest BCUT2D eigenvalue weighted by atomic mass is 10.2. The van der Waals surface area contributed by atoms with E-state index in [2.05, 4.69) is 10.1 Å². The molecule has 0 aliphatic carbocycles. The van der Waals surface area contributed by atoms with E-state index < -0.39 is 0 Å². The largest absolute Gasteiger partial charge is 0.392 e. The Kier molecular flexibility index (Phi) is 2.06. The van der Waals surface area contributed by atoms with Crippen LogP contribution in [0.4, 0.5) is 0 Å². The van der Waals surface area contributed by atoms with Gasteiger partial charge in [0.15, 0.2) is 0 Å². The van der Waals surface area contributed by atoms with Crippen LogP contribution in [0.25, 0.3) is 5.69 Å². The molecule has 4 heteroatoms. The molecular weight excluding hydrogens is 166 g/mol. The van der Waals surface area contributed by atoms with Gasteiger partial charge in [-0.15, -0.1) is 0 Å². The van der Waals surface area contributed by atoms with Gasteiger partial charge in [-0.05, 0) is 17.7 Å². The van der Waals surface area contributed by atoms with Crippen molar-refractivity contribution in [1.82, 2.24) is 14.8 Å². The molecule has 0 aliphatic rings. The van der Waals surface area contributed by atoms with Crippen LogP contribution >= 0.6 is 0 Å². The molecule has 0 aliphatic heterocycles. The fourth-order valence-electron chi connectivity index (χ4n) is 1.10. The molecule has 0 unspecified atom stereocenters. The maximum atomic E-state index is 8.82. The standard InChI is InChI=1S/C9H9N3O/c13-5-8-1-3-9(4-2-8)12-7-10-6-11-12/h1-4,6-7,13H,5H2. The number of aliphatic hydroxyl groups excluding tert-OH is 1. The molecule has 0 radical (unpaired) electrons. The maximum Gasteiger partial charge on any atom is 0.138 e. The average molecular weight is 175 g/mol. The molecule has 4 nitrogen and oxygen atoms in total. The molecule has 66 valence electrons. The van der Waals surface area contributed by atoms with Gasteiger partial charge in [-0.3, -0.25) is 0 Å². The Bertz CT molecular complexity index is 366. The summed E-state index contributed by atoms with van der Waals surface area (Å²) >= 11 is 0. The Morgan fingerprint density at radius 3 is 2.54 bits per heavy atom. The van der Waals surface area contributed by atoms with Gasteiger partial charge in [0.25, 0.3) is 0 Å². The van der Waals surface area contributed by atoms with Gasteiger partial charge < -0.3 is 5.11 Å². The first-order valence-electron chi connectivity index (χ1n) is 3.95. The van der Waals surface area contributed by atoms with Gasteiger partial charge in [0.2, 0.25) is 0 Å². The minimum absolute atomic E-state index is 0.0671. The van der Waals surface area contributed by atoms with E-state index in [4.69, 9.17) is 5.11 Å². The number of benzene rings is 1. The highest BCUT2D eigenvalue weighted by Crippen LogP contribution is 2.07. The first kappa shape index (κ1) is 7.94. The summed E-state index contributed by atoms with van der Waals surface area (Å²) in [6, 6.07) is 7.49. The third-order valence-corrected chi connectivity index (χ3v) is 1.80. The summed E-state index contributed by atoms with van der Waals surface area (Å²) in [7, 11) is 0. The van der Waals surface area contributed by atoms with Crippen LogP contribution in [0.1, 0.15) is 5.56 Å². The monoisotopic (exact) mass is 175 g/mol. The van der Waals surface area contributed by atoms with Crippen molar-refractivity contribution < 1.29 is 5.11 Å². The van der Waals surface area contributed by atoms with Crippen molar-refractivity contribution in [3.63, 3.8) is 0 Å². The van der Waals surface area contributed by atoms with Crippen molar-refractivity contribution in [2.24, 2.45) is 0 Å². The van der Waals surface area contributed by atoms with E-state index in [0.29, 0.717) is 0 Å². The van der Waals surface area contributed by atoms with Crippen LogP contribution in [0.3, 0.4) is 0 Å². The van der Waals surface area contributed by atoms with Crippen LogP contribution in [0.2, 0.25) is 0 Å². The molecular formula is C9H9N3O. The third kappa shape index (κ3) is 1.57. The van der Waals surface area contributed by atoms with Crippen LogP contribution < -0.4 is 0 Å². The van der Waals surface area contributed by atoms with Crippen molar-refractivity contribution in [3.05, 3.63) is 42.5 Å². The Morgan fingerprint density at radius 2 is 2.00 bits per heavy atom. The summed E-state index contributed by atoms with van der Waals surface area (Å²) < 4.78 is 1.67. The number of rotatable bonds is 2. The molecule has 0 saturated heterocycles. The van der Waals surface area contributed by atoms with Gasteiger partial charge in [-0.1, -0.05) is 12.1 Å². The molecule has 0 atom stereocenters. The van der Waals surface area contributed by atoms with Gasteiger partial charge in [0.05, 0.1) is 12.3 Å². The smallest absolute Gasteiger partial charge is 0.138 e. The molecule has 1 N–H and O–H groups in total. The lowest BCUT2D eigenvalue weighted by Gasteiger charge is -2.00. The van der Waals surface area contributed by atoms with Crippen LogP contribution in [0.5, 0.6) is 0 Å². The Hall–Kier alpha value is -1.68. The highest BCUT2D eigenvalue weighted by molar-refractivity contribution is 5.32. The van der Waals surface area contributed by atoms with Crippen LogP contribution in [-0.2, 0) is 6.61 Å². The third-order valence-electron chi connectivity index (χ3n) is 1.80. The molecule has 0 fully saturated rings. The predicted octanol–water partition coefficient (Wildman–Crippen LogP) is 0.760. The Morgan fingerprint density at radius 1 is 1.23 bits per heavy atom. The summed E-state index contributed by atoms with van der Waals surface area (Å²) in [5.74, 6) is 0. The minimum atomic E-state index is 0.0671. The van der Waals surface area contributed by atoms with E-state index in [0.717, 1.165) is 11.3 Å². The Balaban J connectivity index is 2.33. The highest BCUT2D eigenvalue weighted by atomic mass is 16.3. The first-order chi connectivity index (χ1) is 6.40. The normalized spacial score (nSPS) is 10.2. The highest BCUT2D eigenvalue weighted by Gasteiger charge is 1.95. The van der Waals surface area contributed by atoms with E-state index in [1.807, 2.05) is 24.3 Å². The van der Waals surface area contributed by atoms with Crippen molar-refractivity contribution in [2.75, 3.05) is 0 Å². The Labute approximate surface area is 75.5 Å². The first-order valence-corrected chi connectivity index (χ1v) is 3.95. The van der Waals surface area contributed by atoms with E-state index in [1.54, 1.807) is 11.0 Å². The number of hydrogen-bond acceptors (Lipinski definition) is 3. The quantitative estimate of drug-likeness (QED) is 0.733. The van der Waals surface area contributed by atoms with Crippen LogP contribution in [0, 0.1) is 0 Å². The van der Waals surface area contributed by atoms with Gasteiger partial charge in [-0.2, -0.15) is 5.10 Å². The summed E-state index contributed by atoms with van der Waals surface area (Å²) in [6.45, 7) is 0.0671. The predicted molar refractivity (Wildman–Crippen MR) is 47.3 cm³/mol. The SMILES string of the molecule is OCc1ccc(-n2cncn2)cc1. The zero-order valence-corrected chi connectivity index (χ0v) is 6.96. The van der Waals surface area contributed by atoms with Gasteiger partial charge >= 0.3 is 0 Å². The molecule has 1 heterocycles. The van der Waals surface area contributed by atoms with Crippen LogP contribution in [0.15, 0.2) is 36.9 Å². The number of aromatic nitrogens is 3. The summed E-state index contributed by atoms with van der Waals surface area (Å²) in [5.41, 5.74) is 1.83. The second-order valence-electron chi connectivity index (χ2n) is 2.66. The fraction of sp³-hybridized carbons (Fsp3) is 0.111. The lowest BCUT2D eigenvalue weighted by Crippen LogP contribution is -1.94. The fourth-order valence-corrected chi connectivity index (χ4v) is 1.10. The molecule has 1 aromatic heterocycles. The van der Waals surface area contributed by atoms with E-state index in [9.17, 15) is 0 Å². The lowest BCUT2D eigenvalue weighted by molar-refractivity contribution is 0.282. The number of hydrogen-bond donors (Lipinski definition) is 1. The van der Waals surface area contributed by atoms with Crippen molar-refractivity contribution in [1.29, 1.82) is 0 Å². The molecule has 0 spiro atoms. The molecule has 0 saturated carbocycles. The van der Waals surface area contributed by atoms with E-state index in [1.165, 1.54) is 6.33 Å². The molecule has 1 aromatic carbocycles. The second kappa shape index (κ2) is 3.37. The van der Waals surface area contributed by atoms with Crippen molar-refractivity contribution in [2.45, 2.75) is 6.61 Å². The molecule has 2 aromatic rings. The topological polar surface area (TPSA) is 50.9 Å². The average Bonchev–Trinajstić information content (AvgIpc) is 2.71. The zero-order valence-electron chi connectivity index (χ0n) is 6.96. The van der Waals surface area contributed by atoms with Gasteiger partial charge in [0, 0.05) is 0 Å². The second-order valence-corrected chi connectivity index (χ2v) is 2.66. The molecule has 0 bridgehead atoms. The number of aliphatic hydroxyl groups is 1. The molecule has 2 rings (SSSR count). The maximum absolute atomic E-state index is 8.82. The summed E-state index contributed by atoms with van der Waals surface area (Å²) in [6.07, 6.45) is 3.12. The molecule has 0 amide bonds. The van der Waals surface area contributed by atoms with Crippen molar-refractivity contribution in [3.8, 4) is 5.69 Å². The van der Waals surface area contributed by atoms with Crippen molar-refractivity contribution >= 4 is 0 Å². The van der Waals surface area contributed by atoms with E-state index >= 15 is 0 Å². The van der Waals surface area contributed by atoms with E-state index in [-0.39, 0.29) is 6.61 Å². The zero-order chi connectivity index (χ0) is 9.10. The van der Waals surface area contributed by atoms with Gasteiger partial charge in [0.1, 0.15) is 12.7 Å². The minimum Gasteiger partial charge on any atom is -0.392 e. The van der Waals surface area contributed by atoms with Crippen LogP contribution in [-0.4, -0.2) is 19.9 Å². The summed E-state index contributed by atoms with van der Waals surface area (Å²) in [4.78, 5) is 3.84. The summed E-state index contributed by atoms with van der Waals surface area (Å²) in [5, 5.41) is 12.8. The number of nitrogens with zero attached hydrogens (tertiary/aromatic N) is 3. The molecule has 13 heavy (non-hydrogen) atoms.